The highest BCUT2D eigenvalue weighted by Gasteiger charge is 2.31. The number of morpholine rings is 1. The molecule has 6 heteroatoms. The molecule has 2 rings (SSSR count). The summed E-state index contributed by atoms with van der Waals surface area (Å²) in [6, 6.07) is 4.81. The normalized spacial score (nSPS) is 21.1. The predicted octanol–water partition coefficient (Wildman–Crippen LogP) is 1.15. The summed E-state index contributed by atoms with van der Waals surface area (Å²) < 4.78 is 32.1. The highest BCUT2D eigenvalue weighted by molar-refractivity contribution is 7.89. The van der Waals surface area contributed by atoms with Gasteiger partial charge in [0.15, 0.2) is 0 Å². The first-order valence-electron chi connectivity index (χ1n) is 6.83. The maximum atomic E-state index is 12.7. The van der Waals surface area contributed by atoms with Crippen molar-refractivity contribution in [1.29, 1.82) is 0 Å². The number of aliphatic hydroxyl groups excluding tert-OH is 1. The summed E-state index contributed by atoms with van der Waals surface area (Å²) in [7, 11) is -3.53. The summed E-state index contributed by atoms with van der Waals surface area (Å²) in [6.07, 6.45) is 0.768. The van der Waals surface area contributed by atoms with Gasteiger partial charge in [0.25, 0.3) is 0 Å². The van der Waals surface area contributed by atoms with E-state index in [1.54, 1.807) is 18.2 Å². The molecule has 5 nitrogen and oxygen atoms in total. The third-order valence-corrected chi connectivity index (χ3v) is 5.65. The van der Waals surface area contributed by atoms with E-state index in [2.05, 4.69) is 0 Å². The summed E-state index contributed by atoms with van der Waals surface area (Å²) in [5.41, 5.74) is 1.65. The Morgan fingerprint density at radius 3 is 2.75 bits per heavy atom. The minimum Gasteiger partial charge on any atom is -0.392 e. The summed E-state index contributed by atoms with van der Waals surface area (Å²) in [5.74, 6) is 0. The zero-order valence-electron chi connectivity index (χ0n) is 11.9. The number of nitrogens with zero attached hydrogens (tertiary/aromatic N) is 1. The lowest BCUT2D eigenvalue weighted by molar-refractivity contribution is 0.0392. The van der Waals surface area contributed by atoms with E-state index in [4.69, 9.17) is 4.74 Å². The fraction of sp³-hybridized carbons (Fsp3) is 0.571. The quantitative estimate of drug-likeness (QED) is 0.905. The predicted molar refractivity (Wildman–Crippen MR) is 75.9 cm³/mol. The molecule has 1 heterocycles. The number of aliphatic hydroxyl groups is 1. The van der Waals surface area contributed by atoms with Gasteiger partial charge in [-0.2, -0.15) is 4.31 Å². The molecule has 20 heavy (non-hydrogen) atoms. The van der Waals surface area contributed by atoms with Crippen molar-refractivity contribution in [3.8, 4) is 0 Å². The first kappa shape index (κ1) is 15.4. The average molecular weight is 299 g/mol. The second-order valence-electron chi connectivity index (χ2n) is 4.98. The Morgan fingerprint density at radius 2 is 2.15 bits per heavy atom. The molecule has 1 aromatic carbocycles. The van der Waals surface area contributed by atoms with Gasteiger partial charge in [-0.25, -0.2) is 8.42 Å². The van der Waals surface area contributed by atoms with Crippen LogP contribution < -0.4 is 0 Å². The van der Waals surface area contributed by atoms with Crippen LogP contribution in [0.2, 0.25) is 0 Å². The van der Waals surface area contributed by atoms with Gasteiger partial charge in [0.05, 0.1) is 24.7 Å². The van der Waals surface area contributed by atoms with Crippen LogP contribution in [0.3, 0.4) is 0 Å². The third-order valence-electron chi connectivity index (χ3n) is 3.64. The second-order valence-corrected chi connectivity index (χ2v) is 6.87. The van der Waals surface area contributed by atoms with Crippen LogP contribution in [-0.4, -0.2) is 43.6 Å². The lowest BCUT2D eigenvalue weighted by Gasteiger charge is -2.32. The fourth-order valence-electron chi connectivity index (χ4n) is 2.46. The third kappa shape index (κ3) is 2.88. The lowest BCUT2D eigenvalue weighted by Crippen LogP contribution is -2.46. The molecule has 0 radical (unpaired) electrons. The Morgan fingerprint density at radius 1 is 1.40 bits per heavy atom. The molecule has 1 atom stereocenters. The zero-order valence-corrected chi connectivity index (χ0v) is 12.7. The number of rotatable bonds is 4. The van der Waals surface area contributed by atoms with Crippen LogP contribution in [0.5, 0.6) is 0 Å². The molecule has 1 aliphatic rings. The van der Waals surface area contributed by atoms with Crippen molar-refractivity contribution in [3.63, 3.8) is 0 Å². The lowest BCUT2D eigenvalue weighted by atomic mass is 10.1. The summed E-state index contributed by atoms with van der Waals surface area (Å²) in [6.45, 7) is 4.87. The van der Waals surface area contributed by atoms with E-state index < -0.39 is 10.0 Å². The Balaban J connectivity index is 2.38. The topological polar surface area (TPSA) is 66.8 Å². The van der Waals surface area contributed by atoms with Crippen LogP contribution in [0.15, 0.2) is 23.1 Å². The standard InChI is InChI=1S/C14H21NO4S/c1-3-12-4-5-14(8-13(12)9-16)20(17,18)15-6-7-19-10-11(15)2/h4-5,8,11,16H,3,6-7,9-10H2,1-2H3. The van der Waals surface area contributed by atoms with Gasteiger partial charge in [0, 0.05) is 12.6 Å². The molecule has 0 saturated carbocycles. The molecule has 1 fully saturated rings. The molecule has 1 aromatic rings. The molecule has 1 aliphatic heterocycles. The van der Waals surface area contributed by atoms with Crippen molar-refractivity contribution in [2.75, 3.05) is 19.8 Å². The summed E-state index contributed by atoms with van der Waals surface area (Å²) in [4.78, 5) is 0.243. The van der Waals surface area contributed by atoms with E-state index >= 15 is 0 Å². The zero-order chi connectivity index (χ0) is 14.8. The number of aryl methyl sites for hydroxylation is 1. The van der Waals surface area contributed by atoms with Crippen molar-refractivity contribution < 1.29 is 18.3 Å². The molecular weight excluding hydrogens is 278 g/mol. The molecule has 0 aromatic heterocycles. The van der Waals surface area contributed by atoms with Crippen molar-refractivity contribution in [3.05, 3.63) is 29.3 Å². The maximum Gasteiger partial charge on any atom is 0.243 e. The van der Waals surface area contributed by atoms with E-state index in [0.29, 0.717) is 25.3 Å². The van der Waals surface area contributed by atoms with E-state index in [-0.39, 0.29) is 17.5 Å². The molecular formula is C14H21NO4S. The number of ether oxygens (including phenoxy) is 1. The molecule has 1 N–H and O–H groups in total. The largest absolute Gasteiger partial charge is 0.392 e. The van der Waals surface area contributed by atoms with E-state index in [0.717, 1.165) is 12.0 Å². The van der Waals surface area contributed by atoms with Gasteiger partial charge in [0.2, 0.25) is 10.0 Å². The van der Waals surface area contributed by atoms with Crippen molar-refractivity contribution in [2.45, 2.75) is 37.8 Å². The number of sulfonamides is 1. The Hall–Kier alpha value is -0.950. The second kappa shape index (κ2) is 6.22. The smallest absolute Gasteiger partial charge is 0.243 e. The van der Waals surface area contributed by atoms with E-state index in [9.17, 15) is 13.5 Å². The molecule has 112 valence electrons. The molecule has 0 spiro atoms. The van der Waals surface area contributed by atoms with Crippen molar-refractivity contribution >= 4 is 10.0 Å². The van der Waals surface area contributed by atoms with Gasteiger partial charge in [-0.3, -0.25) is 0 Å². The fourth-order valence-corrected chi connectivity index (χ4v) is 4.11. The average Bonchev–Trinajstić information content (AvgIpc) is 2.46. The van der Waals surface area contributed by atoms with Crippen LogP contribution >= 0.6 is 0 Å². The van der Waals surface area contributed by atoms with Gasteiger partial charge in [-0.05, 0) is 36.6 Å². The highest BCUT2D eigenvalue weighted by atomic mass is 32.2. The Kier molecular flexibility index (Phi) is 4.80. The molecule has 0 amide bonds. The van der Waals surface area contributed by atoms with E-state index in [1.807, 2.05) is 13.8 Å². The van der Waals surface area contributed by atoms with Gasteiger partial charge in [-0.15, -0.1) is 0 Å². The maximum absolute atomic E-state index is 12.7. The monoisotopic (exact) mass is 299 g/mol. The van der Waals surface area contributed by atoms with Gasteiger partial charge in [-0.1, -0.05) is 13.0 Å². The van der Waals surface area contributed by atoms with Crippen LogP contribution in [0.4, 0.5) is 0 Å². The first-order valence-corrected chi connectivity index (χ1v) is 8.27. The first-order chi connectivity index (χ1) is 9.50. The SMILES string of the molecule is CCc1ccc(S(=O)(=O)N2CCOCC2C)cc1CO. The number of benzene rings is 1. The Labute approximate surface area is 120 Å². The minimum atomic E-state index is -3.53. The van der Waals surface area contributed by atoms with Gasteiger partial charge in [0.1, 0.15) is 0 Å². The molecule has 0 aliphatic carbocycles. The van der Waals surface area contributed by atoms with Crippen LogP contribution in [0, 0.1) is 0 Å². The van der Waals surface area contributed by atoms with Crippen LogP contribution in [0.25, 0.3) is 0 Å². The van der Waals surface area contributed by atoms with Crippen molar-refractivity contribution in [2.24, 2.45) is 0 Å². The van der Waals surface area contributed by atoms with Crippen LogP contribution in [-0.2, 0) is 27.8 Å². The van der Waals surface area contributed by atoms with Gasteiger partial charge >= 0.3 is 0 Å². The Bertz CT molecular complexity index is 571. The molecule has 1 saturated heterocycles. The molecule has 1 unspecified atom stereocenters. The summed E-state index contributed by atoms with van der Waals surface area (Å²) in [5, 5.41) is 9.37. The molecule has 0 bridgehead atoms. The van der Waals surface area contributed by atoms with Crippen molar-refractivity contribution in [1.82, 2.24) is 4.31 Å². The highest BCUT2D eigenvalue weighted by Crippen LogP contribution is 2.23. The minimum absolute atomic E-state index is 0.148. The number of hydrogen-bond donors (Lipinski definition) is 1. The number of hydrogen-bond acceptors (Lipinski definition) is 4. The van der Waals surface area contributed by atoms with E-state index in [1.165, 1.54) is 4.31 Å². The van der Waals surface area contributed by atoms with Gasteiger partial charge < -0.3 is 9.84 Å². The summed E-state index contributed by atoms with van der Waals surface area (Å²) >= 11 is 0. The van der Waals surface area contributed by atoms with Crippen LogP contribution in [0.1, 0.15) is 25.0 Å².